The van der Waals surface area contributed by atoms with Gasteiger partial charge in [-0.1, -0.05) is 0 Å². The molecule has 17 heavy (non-hydrogen) atoms. The fourth-order valence-electron chi connectivity index (χ4n) is 1.24. The van der Waals surface area contributed by atoms with Crippen LogP contribution in [0.25, 0.3) is 0 Å². The SMILES string of the molecule is Cn1cc(Br)cc1C(=O)NCCSCC(=O)O. The van der Waals surface area contributed by atoms with Gasteiger partial charge in [0, 0.05) is 30.0 Å². The summed E-state index contributed by atoms with van der Waals surface area (Å²) in [6.07, 6.45) is 1.80. The fourth-order valence-corrected chi connectivity index (χ4v) is 2.33. The number of thioether (sulfide) groups is 1. The third-order valence-corrected chi connectivity index (χ3v) is 3.34. The molecule has 0 atom stereocenters. The van der Waals surface area contributed by atoms with Crippen LogP contribution in [0.15, 0.2) is 16.7 Å². The smallest absolute Gasteiger partial charge is 0.313 e. The van der Waals surface area contributed by atoms with E-state index in [1.807, 2.05) is 0 Å². The van der Waals surface area contributed by atoms with Crippen LogP contribution in [0.1, 0.15) is 10.5 Å². The maximum atomic E-state index is 11.7. The molecule has 5 nitrogen and oxygen atoms in total. The second-order valence-corrected chi connectivity index (χ2v) is 5.38. The number of carbonyl (C=O) groups excluding carboxylic acids is 1. The lowest BCUT2D eigenvalue weighted by Crippen LogP contribution is -2.27. The number of carbonyl (C=O) groups is 2. The van der Waals surface area contributed by atoms with Gasteiger partial charge in [0.25, 0.3) is 5.91 Å². The molecule has 0 radical (unpaired) electrons. The number of aromatic nitrogens is 1. The molecule has 0 saturated heterocycles. The molecule has 1 amide bonds. The van der Waals surface area contributed by atoms with Crippen molar-refractivity contribution in [1.82, 2.24) is 9.88 Å². The molecule has 1 aromatic heterocycles. The van der Waals surface area contributed by atoms with Crippen LogP contribution < -0.4 is 5.32 Å². The van der Waals surface area contributed by atoms with E-state index in [0.29, 0.717) is 18.0 Å². The minimum absolute atomic E-state index is 0.0611. The van der Waals surface area contributed by atoms with Crippen LogP contribution in [0.4, 0.5) is 0 Å². The number of nitrogens with zero attached hydrogens (tertiary/aromatic N) is 1. The summed E-state index contributed by atoms with van der Waals surface area (Å²) < 4.78 is 2.58. The summed E-state index contributed by atoms with van der Waals surface area (Å²) in [5.41, 5.74) is 0.570. The Kier molecular flexibility index (Phi) is 5.57. The highest BCUT2D eigenvalue weighted by Crippen LogP contribution is 2.13. The second-order valence-electron chi connectivity index (χ2n) is 3.36. The molecule has 0 unspecified atom stereocenters. The molecule has 0 spiro atoms. The molecule has 94 valence electrons. The number of amides is 1. The maximum absolute atomic E-state index is 11.7. The molecule has 0 fully saturated rings. The Morgan fingerprint density at radius 2 is 2.29 bits per heavy atom. The highest BCUT2D eigenvalue weighted by Gasteiger charge is 2.10. The predicted molar refractivity (Wildman–Crippen MR) is 70.4 cm³/mol. The summed E-state index contributed by atoms with van der Waals surface area (Å²) in [7, 11) is 1.79. The number of aliphatic carboxylic acids is 1. The molecule has 2 N–H and O–H groups in total. The van der Waals surface area contributed by atoms with Crippen molar-refractivity contribution in [2.45, 2.75) is 0 Å². The normalized spacial score (nSPS) is 10.2. The summed E-state index contributed by atoms with van der Waals surface area (Å²) >= 11 is 4.57. The zero-order valence-electron chi connectivity index (χ0n) is 9.27. The zero-order valence-corrected chi connectivity index (χ0v) is 11.7. The van der Waals surface area contributed by atoms with E-state index < -0.39 is 5.97 Å². The number of halogens is 1. The van der Waals surface area contributed by atoms with Crippen LogP contribution in [0.3, 0.4) is 0 Å². The van der Waals surface area contributed by atoms with Crippen molar-refractivity contribution in [2.24, 2.45) is 7.05 Å². The quantitative estimate of drug-likeness (QED) is 0.776. The van der Waals surface area contributed by atoms with Gasteiger partial charge in [-0.15, -0.1) is 11.8 Å². The van der Waals surface area contributed by atoms with Crippen molar-refractivity contribution in [3.63, 3.8) is 0 Å². The largest absolute Gasteiger partial charge is 0.481 e. The molecule has 0 saturated carbocycles. The van der Waals surface area contributed by atoms with Gasteiger partial charge in [-0.05, 0) is 22.0 Å². The lowest BCUT2D eigenvalue weighted by atomic mass is 10.4. The third-order valence-electron chi connectivity index (χ3n) is 1.96. The summed E-state index contributed by atoms with van der Waals surface area (Å²) in [4.78, 5) is 21.9. The van der Waals surface area contributed by atoms with Gasteiger partial charge in [0.2, 0.25) is 0 Å². The molecule has 7 heteroatoms. The first kappa shape index (κ1) is 14.1. The van der Waals surface area contributed by atoms with Crippen molar-refractivity contribution in [2.75, 3.05) is 18.1 Å². The molecule has 0 aliphatic rings. The van der Waals surface area contributed by atoms with Gasteiger partial charge < -0.3 is 15.0 Å². The molecule has 1 heterocycles. The fraction of sp³-hybridized carbons (Fsp3) is 0.400. The standard InChI is InChI=1S/C10H13BrN2O3S/c1-13-5-7(11)4-8(13)10(16)12-2-3-17-6-9(14)15/h4-5H,2-3,6H2,1H3,(H,12,16)(H,14,15). The van der Waals surface area contributed by atoms with E-state index in [4.69, 9.17) is 5.11 Å². The first-order valence-corrected chi connectivity index (χ1v) is 6.85. The van der Waals surface area contributed by atoms with Crippen molar-refractivity contribution < 1.29 is 14.7 Å². The van der Waals surface area contributed by atoms with Crippen LogP contribution in [-0.4, -0.2) is 39.6 Å². The first-order chi connectivity index (χ1) is 8.00. The van der Waals surface area contributed by atoms with Gasteiger partial charge in [-0.2, -0.15) is 0 Å². The number of carboxylic acids is 1. The van der Waals surface area contributed by atoms with Gasteiger partial charge in [0.15, 0.2) is 0 Å². The molecule has 1 aromatic rings. The Bertz CT molecular complexity index is 420. The van der Waals surface area contributed by atoms with Crippen molar-refractivity contribution in [3.05, 3.63) is 22.4 Å². The Labute approximate surface area is 112 Å². The first-order valence-electron chi connectivity index (χ1n) is 4.90. The van der Waals surface area contributed by atoms with E-state index in [0.717, 1.165) is 4.47 Å². The summed E-state index contributed by atoms with van der Waals surface area (Å²) in [5, 5.41) is 11.2. The van der Waals surface area contributed by atoms with E-state index in [-0.39, 0.29) is 11.7 Å². The summed E-state index contributed by atoms with van der Waals surface area (Å²) in [6, 6.07) is 1.74. The zero-order chi connectivity index (χ0) is 12.8. The Morgan fingerprint density at radius 1 is 1.59 bits per heavy atom. The second kappa shape index (κ2) is 6.70. The molecule has 0 aliphatic heterocycles. The van der Waals surface area contributed by atoms with Crippen LogP contribution in [0.2, 0.25) is 0 Å². The predicted octanol–water partition coefficient (Wildman–Crippen LogP) is 1.34. The third kappa shape index (κ3) is 4.82. The lowest BCUT2D eigenvalue weighted by molar-refractivity contribution is -0.133. The van der Waals surface area contributed by atoms with E-state index in [9.17, 15) is 9.59 Å². The Morgan fingerprint density at radius 3 is 2.82 bits per heavy atom. The minimum Gasteiger partial charge on any atom is -0.481 e. The van der Waals surface area contributed by atoms with E-state index in [2.05, 4.69) is 21.2 Å². The highest BCUT2D eigenvalue weighted by atomic mass is 79.9. The Balaban J connectivity index is 2.30. The van der Waals surface area contributed by atoms with Crippen LogP contribution in [0, 0.1) is 0 Å². The van der Waals surface area contributed by atoms with E-state index in [1.54, 1.807) is 23.9 Å². The number of aryl methyl sites for hydroxylation is 1. The van der Waals surface area contributed by atoms with E-state index in [1.165, 1.54) is 11.8 Å². The number of hydrogen-bond acceptors (Lipinski definition) is 3. The maximum Gasteiger partial charge on any atom is 0.313 e. The van der Waals surface area contributed by atoms with Crippen LogP contribution in [-0.2, 0) is 11.8 Å². The number of nitrogens with one attached hydrogen (secondary N) is 1. The minimum atomic E-state index is -0.840. The molecular weight excluding hydrogens is 308 g/mol. The van der Waals surface area contributed by atoms with Gasteiger partial charge in [0.05, 0.1) is 5.75 Å². The highest BCUT2D eigenvalue weighted by molar-refractivity contribution is 9.10. The number of rotatable bonds is 6. The van der Waals surface area contributed by atoms with Crippen LogP contribution in [0.5, 0.6) is 0 Å². The monoisotopic (exact) mass is 320 g/mol. The average molecular weight is 321 g/mol. The van der Waals surface area contributed by atoms with Crippen molar-refractivity contribution in [1.29, 1.82) is 0 Å². The van der Waals surface area contributed by atoms with Crippen molar-refractivity contribution in [3.8, 4) is 0 Å². The lowest BCUT2D eigenvalue weighted by Gasteiger charge is -2.05. The van der Waals surface area contributed by atoms with Gasteiger partial charge in [0.1, 0.15) is 5.69 Å². The topological polar surface area (TPSA) is 71.3 Å². The average Bonchev–Trinajstić information content (AvgIpc) is 2.56. The molecule has 0 bridgehead atoms. The van der Waals surface area contributed by atoms with Gasteiger partial charge in [-0.3, -0.25) is 9.59 Å². The van der Waals surface area contributed by atoms with Crippen molar-refractivity contribution >= 4 is 39.6 Å². The van der Waals surface area contributed by atoms with Gasteiger partial charge in [-0.25, -0.2) is 0 Å². The Hall–Kier alpha value is -0.950. The number of carboxylic acid groups (broad SMARTS) is 1. The van der Waals surface area contributed by atoms with Gasteiger partial charge >= 0.3 is 5.97 Å². The number of hydrogen-bond donors (Lipinski definition) is 2. The molecule has 1 rings (SSSR count). The van der Waals surface area contributed by atoms with E-state index >= 15 is 0 Å². The molecular formula is C10H13BrN2O3S. The van der Waals surface area contributed by atoms with Crippen LogP contribution >= 0.6 is 27.7 Å². The summed E-state index contributed by atoms with van der Waals surface area (Å²) in [6.45, 7) is 0.458. The molecule has 0 aromatic carbocycles. The summed E-state index contributed by atoms with van der Waals surface area (Å²) in [5.74, 6) is -0.350. The molecule has 0 aliphatic carbocycles.